The third kappa shape index (κ3) is 3.78. The maximum Gasteiger partial charge on any atom is 0.173 e. The molecule has 2 aromatic carbocycles. The molecule has 0 amide bonds. The largest absolute Gasteiger partial charge is 0.497 e. The maximum absolute atomic E-state index is 12.2. The van der Waals surface area contributed by atoms with Gasteiger partial charge in [-0.2, -0.15) is 0 Å². The van der Waals surface area contributed by atoms with Crippen molar-refractivity contribution in [2.75, 3.05) is 20.0 Å². The highest BCUT2D eigenvalue weighted by Crippen LogP contribution is 2.25. The summed E-state index contributed by atoms with van der Waals surface area (Å²) < 4.78 is 10.3. The van der Waals surface area contributed by atoms with Crippen LogP contribution in [-0.2, 0) is 0 Å². The Bertz CT molecular complexity index is 559. The fraction of sp³-hybridized carbons (Fsp3) is 0.188. The summed E-state index contributed by atoms with van der Waals surface area (Å²) in [6.07, 6.45) is 0. The number of Topliss-reactive ketones (excluding diaryl/α,β-unsaturated/α-hetero) is 1. The molecule has 0 bridgehead atoms. The number of thioether (sulfide) groups is 1. The molecule has 0 fully saturated rings. The zero-order chi connectivity index (χ0) is 14.4. The van der Waals surface area contributed by atoms with Crippen molar-refractivity contribution in [3.8, 4) is 11.5 Å². The highest BCUT2D eigenvalue weighted by atomic mass is 32.2. The van der Waals surface area contributed by atoms with E-state index in [-0.39, 0.29) is 5.78 Å². The first-order valence-corrected chi connectivity index (χ1v) is 7.15. The lowest BCUT2D eigenvalue weighted by Crippen LogP contribution is -2.03. The number of ketones is 1. The smallest absolute Gasteiger partial charge is 0.173 e. The average Bonchev–Trinajstić information content (AvgIpc) is 2.52. The Balaban J connectivity index is 2.08. The molecular weight excluding hydrogens is 272 g/mol. The van der Waals surface area contributed by atoms with E-state index < -0.39 is 0 Å². The number of carbonyl (C=O) groups excluding carboxylic acids is 1. The molecule has 2 rings (SSSR count). The number of carbonyl (C=O) groups is 1. The van der Waals surface area contributed by atoms with Gasteiger partial charge in [-0.25, -0.2) is 0 Å². The van der Waals surface area contributed by atoms with Crippen molar-refractivity contribution < 1.29 is 14.3 Å². The molecule has 4 heteroatoms. The summed E-state index contributed by atoms with van der Waals surface area (Å²) in [6, 6.07) is 15.1. The zero-order valence-corrected chi connectivity index (χ0v) is 12.3. The third-order valence-corrected chi connectivity index (χ3v) is 3.80. The molecule has 0 N–H and O–H groups in total. The van der Waals surface area contributed by atoms with Gasteiger partial charge in [0.25, 0.3) is 0 Å². The Morgan fingerprint density at radius 3 is 2.15 bits per heavy atom. The summed E-state index contributed by atoms with van der Waals surface area (Å²) >= 11 is 1.52. The van der Waals surface area contributed by atoms with Crippen LogP contribution < -0.4 is 9.47 Å². The minimum atomic E-state index is 0.0519. The predicted octanol–water partition coefficient (Wildman–Crippen LogP) is 3.68. The molecule has 0 aliphatic rings. The monoisotopic (exact) mass is 288 g/mol. The number of methoxy groups -OCH3 is 2. The molecule has 0 heterocycles. The molecule has 0 atom stereocenters. The topological polar surface area (TPSA) is 35.5 Å². The predicted molar refractivity (Wildman–Crippen MR) is 81.0 cm³/mol. The second-order valence-corrected chi connectivity index (χ2v) is 5.17. The van der Waals surface area contributed by atoms with Gasteiger partial charge in [0.15, 0.2) is 5.78 Å². The summed E-state index contributed by atoms with van der Waals surface area (Å²) in [5.41, 5.74) is 0.602. The van der Waals surface area contributed by atoms with Crippen molar-refractivity contribution in [3.63, 3.8) is 0 Å². The van der Waals surface area contributed by atoms with Crippen molar-refractivity contribution in [2.45, 2.75) is 4.90 Å². The summed E-state index contributed by atoms with van der Waals surface area (Å²) in [7, 11) is 3.14. The van der Waals surface area contributed by atoms with Crippen LogP contribution in [0, 0.1) is 0 Å². The normalized spacial score (nSPS) is 10.1. The molecule has 0 unspecified atom stereocenters. The Labute approximate surface area is 122 Å². The van der Waals surface area contributed by atoms with E-state index in [4.69, 9.17) is 9.47 Å². The lowest BCUT2D eigenvalue weighted by Gasteiger charge is -2.07. The summed E-state index contributed by atoms with van der Waals surface area (Å²) in [4.78, 5) is 13.3. The minimum Gasteiger partial charge on any atom is -0.497 e. The summed E-state index contributed by atoms with van der Waals surface area (Å²) in [5, 5.41) is 0. The van der Waals surface area contributed by atoms with Crippen LogP contribution in [0.3, 0.4) is 0 Å². The first-order valence-electron chi connectivity index (χ1n) is 6.17. The van der Waals surface area contributed by atoms with E-state index in [0.717, 1.165) is 4.90 Å². The molecular formula is C16H16O3S. The summed E-state index contributed by atoms with van der Waals surface area (Å²) in [6.45, 7) is 0. The van der Waals surface area contributed by atoms with Crippen LogP contribution in [0.4, 0.5) is 0 Å². The van der Waals surface area contributed by atoms with Crippen molar-refractivity contribution in [2.24, 2.45) is 0 Å². The molecule has 0 saturated carbocycles. The van der Waals surface area contributed by atoms with Crippen molar-refractivity contribution in [1.82, 2.24) is 0 Å². The molecule has 0 aliphatic heterocycles. The lowest BCUT2D eigenvalue weighted by atomic mass is 10.1. The van der Waals surface area contributed by atoms with Crippen LogP contribution >= 0.6 is 11.8 Å². The van der Waals surface area contributed by atoms with Crippen LogP contribution in [0.5, 0.6) is 11.5 Å². The van der Waals surface area contributed by atoms with Crippen LogP contribution in [-0.4, -0.2) is 25.8 Å². The van der Waals surface area contributed by atoms with Gasteiger partial charge in [-0.1, -0.05) is 18.2 Å². The Hall–Kier alpha value is -1.94. The number of ether oxygens (including phenoxy) is 2. The number of hydrogen-bond acceptors (Lipinski definition) is 4. The summed E-state index contributed by atoms with van der Waals surface area (Å²) in [5.74, 6) is 1.69. The van der Waals surface area contributed by atoms with Gasteiger partial charge in [0.05, 0.1) is 20.0 Å². The molecule has 104 valence electrons. The van der Waals surface area contributed by atoms with E-state index in [9.17, 15) is 4.79 Å². The van der Waals surface area contributed by atoms with E-state index in [1.54, 1.807) is 32.4 Å². The molecule has 0 saturated heterocycles. The zero-order valence-electron chi connectivity index (χ0n) is 11.5. The highest BCUT2D eigenvalue weighted by Gasteiger charge is 2.10. The van der Waals surface area contributed by atoms with Gasteiger partial charge in [-0.3, -0.25) is 4.79 Å². The van der Waals surface area contributed by atoms with Gasteiger partial charge >= 0.3 is 0 Å². The molecule has 0 aromatic heterocycles. The van der Waals surface area contributed by atoms with E-state index in [2.05, 4.69) is 0 Å². The second kappa shape index (κ2) is 7.01. The van der Waals surface area contributed by atoms with Crippen LogP contribution in [0.1, 0.15) is 10.4 Å². The van der Waals surface area contributed by atoms with Crippen molar-refractivity contribution in [1.29, 1.82) is 0 Å². The minimum absolute atomic E-state index is 0.0519. The lowest BCUT2D eigenvalue weighted by molar-refractivity contribution is 0.102. The van der Waals surface area contributed by atoms with E-state index in [1.807, 2.05) is 30.3 Å². The van der Waals surface area contributed by atoms with Gasteiger partial charge in [0, 0.05) is 16.5 Å². The first-order chi connectivity index (χ1) is 9.72. The van der Waals surface area contributed by atoms with Gasteiger partial charge < -0.3 is 9.47 Å². The van der Waals surface area contributed by atoms with E-state index >= 15 is 0 Å². The SMILES string of the molecule is COc1cc(OC)cc(C(=O)CSc2ccccc2)c1. The first kappa shape index (κ1) is 14.5. The van der Waals surface area contributed by atoms with Crippen LogP contribution in [0.15, 0.2) is 53.4 Å². The van der Waals surface area contributed by atoms with Gasteiger partial charge in [0.2, 0.25) is 0 Å². The highest BCUT2D eigenvalue weighted by molar-refractivity contribution is 8.00. The van der Waals surface area contributed by atoms with Gasteiger partial charge in [-0.15, -0.1) is 11.8 Å². The molecule has 20 heavy (non-hydrogen) atoms. The Kier molecular flexibility index (Phi) is 5.07. The number of hydrogen-bond donors (Lipinski definition) is 0. The van der Waals surface area contributed by atoms with Gasteiger partial charge in [0.1, 0.15) is 11.5 Å². The van der Waals surface area contributed by atoms with Crippen LogP contribution in [0.25, 0.3) is 0 Å². The number of rotatable bonds is 6. The Morgan fingerprint density at radius 2 is 1.60 bits per heavy atom. The van der Waals surface area contributed by atoms with Crippen LogP contribution in [0.2, 0.25) is 0 Å². The molecule has 2 aromatic rings. The van der Waals surface area contributed by atoms with Crippen molar-refractivity contribution >= 4 is 17.5 Å². The molecule has 0 radical (unpaired) electrons. The van der Waals surface area contributed by atoms with E-state index in [0.29, 0.717) is 22.8 Å². The van der Waals surface area contributed by atoms with Crippen molar-refractivity contribution in [3.05, 3.63) is 54.1 Å². The molecule has 0 aliphatic carbocycles. The standard InChI is InChI=1S/C16H16O3S/c1-18-13-8-12(9-14(10-13)19-2)16(17)11-20-15-6-4-3-5-7-15/h3-10H,11H2,1-2H3. The maximum atomic E-state index is 12.2. The second-order valence-electron chi connectivity index (χ2n) is 4.13. The van der Waals surface area contributed by atoms with E-state index in [1.165, 1.54) is 11.8 Å². The van der Waals surface area contributed by atoms with Gasteiger partial charge in [-0.05, 0) is 24.3 Å². The molecule has 3 nitrogen and oxygen atoms in total. The fourth-order valence-electron chi connectivity index (χ4n) is 1.72. The third-order valence-electron chi connectivity index (χ3n) is 2.79. The average molecular weight is 288 g/mol. The quantitative estimate of drug-likeness (QED) is 0.600. The number of benzene rings is 2. The Morgan fingerprint density at radius 1 is 1.00 bits per heavy atom. The molecule has 0 spiro atoms. The fourth-order valence-corrected chi connectivity index (χ4v) is 2.53.